The number of benzene rings is 1. The van der Waals surface area contributed by atoms with Crippen LogP contribution in [0.4, 0.5) is 16.2 Å². The number of nitrogens with zero attached hydrogens (tertiary/aromatic N) is 3. The van der Waals surface area contributed by atoms with Crippen LogP contribution in [0.3, 0.4) is 0 Å². The van der Waals surface area contributed by atoms with Gasteiger partial charge in [-0.25, -0.2) is 4.79 Å². The Morgan fingerprint density at radius 1 is 1.17 bits per heavy atom. The Hall–Kier alpha value is -2.31. The molecule has 0 spiro atoms. The van der Waals surface area contributed by atoms with Crippen LogP contribution >= 0.6 is 0 Å². The lowest BCUT2D eigenvalue weighted by Gasteiger charge is -2.35. The van der Waals surface area contributed by atoms with Gasteiger partial charge in [0.05, 0.1) is 4.92 Å². The van der Waals surface area contributed by atoms with Gasteiger partial charge in [0.1, 0.15) is 0 Å². The molecule has 1 heterocycles. The van der Waals surface area contributed by atoms with Crippen LogP contribution in [0.15, 0.2) is 24.3 Å². The van der Waals surface area contributed by atoms with Crippen molar-refractivity contribution in [3.63, 3.8) is 0 Å². The molecule has 2 amide bonds. The number of carbonyl (C=O) groups is 1. The molecule has 0 atom stereocenters. The maximum Gasteiger partial charge on any atom is 0.314 e. The molecule has 7 heteroatoms. The second kappa shape index (κ2) is 4.91. The van der Waals surface area contributed by atoms with Crippen LogP contribution in [0.1, 0.15) is 0 Å². The zero-order chi connectivity index (χ0) is 13.1. The lowest BCUT2D eigenvalue weighted by molar-refractivity contribution is -0.384. The number of nitro groups is 1. The van der Waals surface area contributed by atoms with E-state index in [1.165, 1.54) is 12.1 Å². The molecule has 1 aliphatic heterocycles. The smallest absolute Gasteiger partial charge is 0.314 e. The molecule has 96 valence electrons. The molecule has 2 N–H and O–H groups in total. The summed E-state index contributed by atoms with van der Waals surface area (Å²) in [5, 5.41) is 10.5. The molecule has 1 saturated heterocycles. The molecule has 0 saturated carbocycles. The van der Waals surface area contributed by atoms with Crippen molar-refractivity contribution in [1.82, 2.24) is 4.90 Å². The highest BCUT2D eigenvalue weighted by molar-refractivity contribution is 5.72. The third-order valence-corrected chi connectivity index (χ3v) is 3.02. The molecule has 0 aliphatic carbocycles. The SMILES string of the molecule is NC(=O)N1CCN(c2ccc([N+](=O)[O-])cc2)CC1. The predicted molar refractivity (Wildman–Crippen MR) is 66.5 cm³/mol. The molecule has 0 aromatic heterocycles. The topological polar surface area (TPSA) is 92.7 Å². The van der Waals surface area contributed by atoms with E-state index in [1.54, 1.807) is 17.0 Å². The quantitative estimate of drug-likeness (QED) is 0.620. The Bertz CT molecular complexity index is 452. The number of non-ortho nitro benzene ring substituents is 1. The first kappa shape index (κ1) is 12.2. The molecule has 0 radical (unpaired) electrons. The number of urea groups is 1. The van der Waals surface area contributed by atoms with Crippen LogP contribution in [0, 0.1) is 10.1 Å². The van der Waals surface area contributed by atoms with Crippen molar-refractivity contribution >= 4 is 17.4 Å². The van der Waals surface area contributed by atoms with E-state index in [4.69, 9.17) is 5.73 Å². The maximum atomic E-state index is 11.0. The van der Waals surface area contributed by atoms with Gasteiger partial charge in [0.2, 0.25) is 0 Å². The Labute approximate surface area is 104 Å². The lowest BCUT2D eigenvalue weighted by Crippen LogP contribution is -2.50. The fraction of sp³-hybridized carbons (Fsp3) is 0.364. The van der Waals surface area contributed by atoms with Gasteiger partial charge in [0.25, 0.3) is 5.69 Å². The van der Waals surface area contributed by atoms with Gasteiger partial charge in [-0.05, 0) is 12.1 Å². The summed E-state index contributed by atoms with van der Waals surface area (Å²) in [6, 6.07) is 6.00. The number of piperazine rings is 1. The van der Waals surface area contributed by atoms with Crippen LogP contribution in [-0.2, 0) is 0 Å². The number of nitrogens with two attached hydrogens (primary N) is 1. The highest BCUT2D eigenvalue weighted by atomic mass is 16.6. The van der Waals surface area contributed by atoms with Crippen LogP contribution < -0.4 is 10.6 Å². The molecule has 1 aromatic rings. The van der Waals surface area contributed by atoms with E-state index in [0.717, 1.165) is 5.69 Å². The van der Waals surface area contributed by atoms with Crippen molar-refractivity contribution in [1.29, 1.82) is 0 Å². The van der Waals surface area contributed by atoms with Crippen molar-refractivity contribution in [2.45, 2.75) is 0 Å². The summed E-state index contributed by atoms with van der Waals surface area (Å²) < 4.78 is 0. The second-order valence-electron chi connectivity index (χ2n) is 4.09. The molecule has 1 aromatic carbocycles. The van der Waals surface area contributed by atoms with Crippen molar-refractivity contribution in [2.75, 3.05) is 31.1 Å². The van der Waals surface area contributed by atoms with Crippen LogP contribution in [-0.4, -0.2) is 42.0 Å². The van der Waals surface area contributed by atoms with Crippen LogP contribution in [0.5, 0.6) is 0 Å². The Kier molecular flexibility index (Phi) is 3.31. The van der Waals surface area contributed by atoms with E-state index in [1.807, 2.05) is 0 Å². The molecule has 0 unspecified atom stereocenters. The highest BCUT2D eigenvalue weighted by Crippen LogP contribution is 2.20. The van der Waals surface area contributed by atoms with Crippen molar-refractivity contribution < 1.29 is 9.72 Å². The third kappa shape index (κ3) is 2.50. The standard InChI is InChI=1S/C11H14N4O3/c12-11(16)14-7-5-13(6-8-14)9-1-3-10(4-2-9)15(17)18/h1-4H,5-8H2,(H2,12,16). The molecule has 1 aliphatic rings. The van der Waals surface area contributed by atoms with E-state index in [9.17, 15) is 14.9 Å². The van der Waals surface area contributed by atoms with Gasteiger partial charge in [-0.2, -0.15) is 0 Å². The summed E-state index contributed by atoms with van der Waals surface area (Å²) in [5.74, 6) is 0. The third-order valence-electron chi connectivity index (χ3n) is 3.02. The summed E-state index contributed by atoms with van der Waals surface area (Å²) in [6.07, 6.45) is 0. The second-order valence-corrected chi connectivity index (χ2v) is 4.09. The normalized spacial score (nSPS) is 15.6. The number of hydrogen-bond acceptors (Lipinski definition) is 4. The van der Waals surface area contributed by atoms with Crippen molar-refractivity contribution in [3.8, 4) is 0 Å². The summed E-state index contributed by atoms with van der Waals surface area (Å²) >= 11 is 0. The van der Waals surface area contributed by atoms with E-state index in [2.05, 4.69) is 4.90 Å². The first-order valence-corrected chi connectivity index (χ1v) is 5.62. The largest absolute Gasteiger partial charge is 0.368 e. The van der Waals surface area contributed by atoms with E-state index < -0.39 is 11.0 Å². The van der Waals surface area contributed by atoms with Crippen molar-refractivity contribution in [2.24, 2.45) is 5.73 Å². The molecule has 2 rings (SSSR count). The minimum Gasteiger partial charge on any atom is -0.368 e. The van der Waals surface area contributed by atoms with Gasteiger partial charge in [0.15, 0.2) is 0 Å². The highest BCUT2D eigenvalue weighted by Gasteiger charge is 2.19. The average molecular weight is 250 g/mol. The summed E-state index contributed by atoms with van der Waals surface area (Å²) in [6.45, 7) is 2.51. The van der Waals surface area contributed by atoms with Gasteiger partial charge in [-0.1, -0.05) is 0 Å². The molecule has 1 fully saturated rings. The van der Waals surface area contributed by atoms with Gasteiger partial charge >= 0.3 is 6.03 Å². The Balaban J connectivity index is 2.01. The van der Waals surface area contributed by atoms with Gasteiger partial charge in [0, 0.05) is 44.0 Å². The number of amides is 2. The first-order chi connectivity index (χ1) is 8.58. The van der Waals surface area contributed by atoms with Gasteiger partial charge in [-0.3, -0.25) is 10.1 Å². The van der Waals surface area contributed by atoms with Crippen LogP contribution in [0.25, 0.3) is 0 Å². The van der Waals surface area contributed by atoms with Crippen LogP contribution in [0.2, 0.25) is 0 Å². The van der Waals surface area contributed by atoms with E-state index in [0.29, 0.717) is 26.2 Å². The maximum absolute atomic E-state index is 11.0. The number of rotatable bonds is 2. The number of primary amides is 1. The van der Waals surface area contributed by atoms with E-state index >= 15 is 0 Å². The van der Waals surface area contributed by atoms with Gasteiger partial charge < -0.3 is 15.5 Å². The Morgan fingerprint density at radius 2 is 1.72 bits per heavy atom. The van der Waals surface area contributed by atoms with Crippen molar-refractivity contribution in [3.05, 3.63) is 34.4 Å². The minimum absolute atomic E-state index is 0.0783. The number of anilines is 1. The summed E-state index contributed by atoms with van der Waals surface area (Å²) in [5.41, 5.74) is 6.20. The predicted octanol–water partition coefficient (Wildman–Crippen LogP) is 0.795. The molecule has 18 heavy (non-hydrogen) atoms. The average Bonchev–Trinajstić information content (AvgIpc) is 2.39. The number of nitro benzene ring substituents is 1. The number of hydrogen-bond donors (Lipinski definition) is 1. The summed E-state index contributed by atoms with van der Waals surface area (Å²) in [7, 11) is 0. The first-order valence-electron chi connectivity index (χ1n) is 5.62. The minimum atomic E-state index is -0.422. The van der Waals surface area contributed by atoms with Gasteiger partial charge in [-0.15, -0.1) is 0 Å². The number of carbonyl (C=O) groups excluding carboxylic acids is 1. The fourth-order valence-electron chi connectivity index (χ4n) is 1.97. The van der Waals surface area contributed by atoms with E-state index in [-0.39, 0.29) is 5.69 Å². The Morgan fingerprint density at radius 3 is 2.17 bits per heavy atom. The molecule has 0 bridgehead atoms. The zero-order valence-corrected chi connectivity index (χ0v) is 9.78. The monoisotopic (exact) mass is 250 g/mol. The lowest BCUT2D eigenvalue weighted by atomic mass is 10.2. The molecule has 7 nitrogen and oxygen atoms in total. The fourth-order valence-corrected chi connectivity index (χ4v) is 1.97. The zero-order valence-electron chi connectivity index (χ0n) is 9.78. The molecular weight excluding hydrogens is 236 g/mol. The molecular formula is C11H14N4O3. The summed E-state index contributed by atoms with van der Waals surface area (Å²) in [4.78, 5) is 24.7.